The van der Waals surface area contributed by atoms with Crippen LogP contribution in [0.25, 0.3) is 0 Å². The molecule has 0 aliphatic carbocycles. The van der Waals surface area contributed by atoms with Crippen LogP contribution in [0.3, 0.4) is 0 Å². The van der Waals surface area contributed by atoms with Gasteiger partial charge < -0.3 is 10.5 Å². The van der Waals surface area contributed by atoms with Gasteiger partial charge in [-0.1, -0.05) is 11.6 Å². The molecule has 0 aromatic heterocycles. The summed E-state index contributed by atoms with van der Waals surface area (Å²) in [5.74, 6) is -0.243. The maximum absolute atomic E-state index is 13.3. The van der Waals surface area contributed by atoms with Gasteiger partial charge >= 0.3 is 5.69 Å². The second-order valence-corrected chi connectivity index (χ2v) is 4.88. The maximum atomic E-state index is 13.3. The Morgan fingerprint density at radius 1 is 1.29 bits per heavy atom. The maximum Gasteiger partial charge on any atom is 0.311 e. The standard InChI is InChI=1S/C14H12ClFN2O3/c1-8(17)11-7-10(16)3-5-13(11)21-14-6-9(15)2-4-12(14)18(19)20/h2-8H,17H2,1H3/t8-/m0/s1. The number of ether oxygens (including phenoxy) is 1. The first-order chi connectivity index (χ1) is 9.88. The van der Waals surface area contributed by atoms with Gasteiger partial charge in [0.05, 0.1) is 4.92 Å². The molecular weight excluding hydrogens is 299 g/mol. The van der Waals surface area contributed by atoms with Gasteiger partial charge in [0, 0.05) is 28.8 Å². The molecule has 0 saturated heterocycles. The Hall–Kier alpha value is -2.18. The van der Waals surface area contributed by atoms with Crippen LogP contribution in [0.15, 0.2) is 36.4 Å². The summed E-state index contributed by atoms with van der Waals surface area (Å²) in [6.45, 7) is 1.66. The van der Waals surface area contributed by atoms with Crippen molar-refractivity contribution in [1.82, 2.24) is 0 Å². The van der Waals surface area contributed by atoms with Crippen molar-refractivity contribution in [2.45, 2.75) is 13.0 Å². The minimum Gasteiger partial charge on any atom is -0.450 e. The molecule has 21 heavy (non-hydrogen) atoms. The van der Waals surface area contributed by atoms with E-state index in [2.05, 4.69) is 0 Å². The zero-order valence-electron chi connectivity index (χ0n) is 11.0. The van der Waals surface area contributed by atoms with Crippen molar-refractivity contribution in [3.8, 4) is 11.5 Å². The molecule has 0 amide bonds. The fraction of sp³-hybridized carbons (Fsp3) is 0.143. The van der Waals surface area contributed by atoms with Crippen LogP contribution in [0.2, 0.25) is 5.02 Å². The molecule has 0 aliphatic rings. The van der Waals surface area contributed by atoms with Crippen LogP contribution in [0.4, 0.5) is 10.1 Å². The van der Waals surface area contributed by atoms with Gasteiger partial charge in [0.25, 0.3) is 0 Å². The lowest BCUT2D eigenvalue weighted by molar-refractivity contribution is -0.385. The number of halogens is 2. The highest BCUT2D eigenvalue weighted by atomic mass is 35.5. The Morgan fingerprint density at radius 2 is 2.00 bits per heavy atom. The molecule has 2 rings (SSSR count). The summed E-state index contributed by atoms with van der Waals surface area (Å²) in [4.78, 5) is 10.4. The van der Waals surface area contributed by atoms with Gasteiger partial charge in [0.1, 0.15) is 11.6 Å². The summed E-state index contributed by atoms with van der Waals surface area (Å²) in [6.07, 6.45) is 0. The van der Waals surface area contributed by atoms with Crippen LogP contribution in [0.5, 0.6) is 11.5 Å². The number of benzene rings is 2. The van der Waals surface area contributed by atoms with E-state index in [9.17, 15) is 14.5 Å². The van der Waals surface area contributed by atoms with Gasteiger partial charge in [-0.25, -0.2) is 4.39 Å². The molecule has 0 bridgehead atoms. The molecule has 0 spiro atoms. The number of nitro groups is 1. The quantitative estimate of drug-likeness (QED) is 0.678. The molecule has 0 unspecified atom stereocenters. The number of nitrogens with two attached hydrogens (primary N) is 1. The highest BCUT2D eigenvalue weighted by Crippen LogP contribution is 2.36. The fourth-order valence-corrected chi connectivity index (χ4v) is 1.97. The molecular formula is C14H12ClFN2O3. The van der Waals surface area contributed by atoms with Crippen molar-refractivity contribution in [2.75, 3.05) is 0 Å². The van der Waals surface area contributed by atoms with E-state index in [-0.39, 0.29) is 17.2 Å². The first-order valence-electron chi connectivity index (χ1n) is 6.05. The Morgan fingerprint density at radius 3 is 2.62 bits per heavy atom. The van der Waals surface area contributed by atoms with Gasteiger partial charge in [0.15, 0.2) is 0 Å². The summed E-state index contributed by atoms with van der Waals surface area (Å²) in [7, 11) is 0. The van der Waals surface area contributed by atoms with Crippen molar-refractivity contribution in [2.24, 2.45) is 5.73 Å². The highest BCUT2D eigenvalue weighted by Gasteiger charge is 2.18. The zero-order valence-corrected chi connectivity index (χ0v) is 11.8. The number of hydrogen-bond donors (Lipinski definition) is 1. The normalized spacial score (nSPS) is 12.0. The monoisotopic (exact) mass is 310 g/mol. The molecule has 0 radical (unpaired) electrons. The van der Waals surface area contributed by atoms with Crippen LogP contribution >= 0.6 is 11.6 Å². The minimum absolute atomic E-state index is 0.0268. The summed E-state index contributed by atoms with van der Waals surface area (Å²) >= 11 is 5.83. The van der Waals surface area contributed by atoms with E-state index in [1.54, 1.807) is 6.92 Å². The fourth-order valence-electron chi connectivity index (χ4n) is 1.81. The number of hydrogen-bond acceptors (Lipinski definition) is 4. The average molecular weight is 311 g/mol. The summed E-state index contributed by atoms with van der Waals surface area (Å²) in [6, 6.07) is 7.27. The number of nitro benzene ring substituents is 1. The third kappa shape index (κ3) is 3.48. The van der Waals surface area contributed by atoms with Crippen LogP contribution in [0.1, 0.15) is 18.5 Å². The van der Waals surface area contributed by atoms with Crippen LogP contribution in [0, 0.1) is 15.9 Å². The number of nitrogens with zero attached hydrogens (tertiary/aromatic N) is 1. The first-order valence-corrected chi connectivity index (χ1v) is 6.43. The molecule has 0 fully saturated rings. The molecule has 1 atom stereocenters. The third-order valence-electron chi connectivity index (χ3n) is 2.80. The Bertz CT molecular complexity index is 692. The molecule has 0 heterocycles. The van der Waals surface area contributed by atoms with E-state index in [1.165, 1.54) is 36.4 Å². The van der Waals surface area contributed by atoms with Crippen molar-refractivity contribution in [3.05, 3.63) is 62.9 Å². The summed E-state index contributed by atoms with van der Waals surface area (Å²) in [5.41, 5.74) is 5.93. The molecule has 2 N–H and O–H groups in total. The SMILES string of the molecule is C[C@H](N)c1cc(F)ccc1Oc1cc(Cl)ccc1[N+](=O)[O-]. The smallest absolute Gasteiger partial charge is 0.311 e. The Labute approximate surface area is 125 Å². The molecule has 110 valence electrons. The zero-order chi connectivity index (χ0) is 15.6. The van der Waals surface area contributed by atoms with Crippen molar-refractivity contribution < 1.29 is 14.1 Å². The summed E-state index contributed by atoms with van der Waals surface area (Å²) in [5, 5.41) is 11.3. The van der Waals surface area contributed by atoms with Crippen molar-refractivity contribution >= 4 is 17.3 Å². The topological polar surface area (TPSA) is 78.4 Å². The van der Waals surface area contributed by atoms with E-state index in [1.807, 2.05) is 0 Å². The predicted molar refractivity (Wildman–Crippen MR) is 77.2 cm³/mol. The van der Waals surface area contributed by atoms with Gasteiger partial charge in [-0.3, -0.25) is 10.1 Å². The lowest BCUT2D eigenvalue weighted by Gasteiger charge is -2.14. The lowest BCUT2D eigenvalue weighted by atomic mass is 10.1. The van der Waals surface area contributed by atoms with E-state index in [4.69, 9.17) is 22.1 Å². The van der Waals surface area contributed by atoms with Crippen LogP contribution < -0.4 is 10.5 Å². The van der Waals surface area contributed by atoms with E-state index in [0.717, 1.165) is 0 Å². The highest BCUT2D eigenvalue weighted by molar-refractivity contribution is 6.30. The summed E-state index contributed by atoms with van der Waals surface area (Å²) < 4.78 is 18.8. The molecule has 2 aromatic carbocycles. The van der Waals surface area contributed by atoms with Crippen LogP contribution in [-0.4, -0.2) is 4.92 Å². The molecule has 0 saturated carbocycles. The van der Waals surface area contributed by atoms with Gasteiger partial charge in [-0.15, -0.1) is 0 Å². The largest absolute Gasteiger partial charge is 0.450 e. The van der Waals surface area contributed by atoms with Gasteiger partial charge in [0.2, 0.25) is 5.75 Å². The number of rotatable bonds is 4. The van der Waals surface area contributed by atoms with Crippen molar-refractivity contribution in [1.29, 1.82) is 0 Å². The predicted octanol–water partition coefficient (Wildman–Crippen LogP) is 4.20. The van der Waals surface area contributed by atoms with Crippen LogP contribution in [-0.2, 0) is 0 Å². The van der Waals surface area contributed by atoms with Crippen molar-refractivity contribution in [3.63, 3.8) is 0 Å². The molecule has 5 nitrogen and oxygen atoms in total. The minimum atomic E-state index is -0.583. The van der Waals surface area contributed by atoms with Gasteiger partial charge in [-0.2, -0.15) is 0 Å². The Balaban J connectivity index is 2.47. The third-order valence-corrected chi connectivity index (χ3v) is 3.04. The molecule has 2 aromatic rings. The first kappa shape index (κ1) is 15.2. The van der Waals surface area contributed by atoms with Gasteiger partial charge in [-0.05, 0) is 31.2 Å². The molecule has 0 aliphatic heterocycles. The van der Waals surface area contributed by atoms with E-state index in [0.29, 0.717) is 10.6 Å². The second kappa shape index (κ2) is 6.07. The second-order valence-electron chi connectivity index (χ2n) is 4.44. The van der Waals surface area contributed by atoms with E-state index >= 15 is 0 Å². The van der Waals surface area contributed by atoms with E-state index < -0.39 is 16.8 Å². The molecule has 7 heteroatoms. The lowest BCUT2D eigenvalue weighted by Crippen LogP contribution is -2.07. The average Bonchev–Trinajstić information content (AvgIpc) is 2.40. The Kier molecular flexibility index (Phi) is 4.40.